The SMILES string of the molecule is Cc1nc(CN(CC2CC2)C(C)c2ccccc2)nc2ccccc12. The van der Waals surface area contributed by atoms with E-state index in [2.05, 4.69) is 67.3 Å². The minimum Gasteiger partial charge on any atom is -0.289 e. The van der Waals surface area contributed by atoms with Gasteiger partial charge in [-0.2, -0.15) is 0 Å². The average molecular weight is 331 g/mol. The Morgan fingerprint density at radius 3 is 2.48 bits per heavy atom. The van der Waals surface area contributed by atoms with Crippen LogP contribution in [-0.4, -0.2) is 21.4 Å². The zero-order chi connectivity index (χ0) is 17.2. The highest BCUT2D eigenvalue weighted by molar-refractivity contribution is 5.80. The molecule has 0 bridgehead atoms. The molecule has 4 rings (SSSR count). The van der Waals surface area contributed by atoms with Crippen LogP contribution in [0.5, 0.6) is 0 Å². The Bertz CT molecular complexity index is 856. The van der Waals surface area contributed by atoms with Crippen LogP contribution in [0.4, 0.5) is 0 Å². The summed E-state index contributed by atoms with van der Waals surface area (Å²) in [6.07, 6.45) is 2.71. The molecular weight excluding hydrogens is 306 g/mol. The molecule has 2 aromatic carbocycles. The second kappa shape index (κ2) is 6.93. The third-order valence-electron chi connectivity index (χ3n) is 5.20. The molecule has 1 saturated carbocycles. The summed E-state index contributed by atoms with van der Waals surface area (Å²) >= 11 is 0. The normalized spacial score (nSPS) is 15.6. The minimum atomic E-state index is 0.372. The van der Waals surface area contributed by atoms with E-state index in [4.69, 9.17) is 9.97 Å². The largest absolute Gasteiger partial charge is 0.289 e. The van der Waals surface area contributed by atoms with E-state index >= 15 is 0 Å². The van der Waals surface area contributed by atoms with Crippen molar-refractivity contribution in [2.24, 2.45) is 5.92 Å². The van der Waals surface area contributed by atoms with E-state index < -0.39 is 0 Å². The molecule has 1 unspecified atom stereocenters. The van der Waals surface area contributed by atoms with E-state index in [-0.39, 0.29) is 0 Å². The molecule has 1 aliphatic rings. The van der Waals surface area contributed by atoms with Gasteiger partial charge in [0.25, 0.3) is 0 Å². The van der Waals surface area contributed by atoms with Crippen molar-refractivity contribution in [3.05, 3.63) is 71.7 Å². The average Bonchev–Trinajstić information content (AvgIpc) is 3.45. The molecule has 1 fully saturated rings. The fourth-order valence-corrected chi connectivity index (χ4v) is 3.48. The van der Waals surface area contributed by atoms with Crippen LogP contribution in [0.25, 0.3) is 10.9 Å². The standard InChI is InChI=1S/C22H25N3/c1-16-20-10-6-7-11-21(20)24-22(23-16)15-25(14-18-12-13-18)17(2)19-8-4-3-5-9-19/h3-11,17-18H,12-15H2,1-2H3. The lowest BCUT2D eigenvalue weighted by molar-refractivity contribution is 0.188. The Balaban J connectivity index is 1.62. The highest BCUT2D eigenvalue weighted by Gasteiger charge is 2.27. The van der Waals surface area contributed by atoms with Crippen LogP contribution >= 0.6 is 0 Å². The molecule has 0 saturated heterocycles. The molecule has 1 aliphatic carbocycles. The molecule has 1 aromatic heterocycles. The highest BCUT2D eigenvalue weighted by Crippen LogP contribution is 2.33. The minimum absolute atomic E-state index is 0.372. The number of hydrogen-bond donors (Lipinski definition) is 0. The predicted octanol–water partition coefficient (Wildman–Crippen LogP) is 4.91. The number of hydrogen-bond acceptors (Lipinski definition) is 3. The third kappa shape index (κ3) is 3.72. The summed E-state index contributed by atoms with van der Waals surface area (Å²) in [7, 11) is 0. The molecule has 1 atom stereocenters. The van der Waals surface area contributed by atoms with Gasteiger partial charge >= 0.3 is 0 Å². The molecule has 25 heavy (non-hydrogen) atoms. The summed E-state index contributed by atoms with van der Waals surface area (Å²) in [6.45, 7) is 6.31. The molecule has 3 aromatic rings. The maximum Gasteiger partial charge on any atom is 0.143 e. The van der Waals surface area contributed by atoms with Crippen molar-refractivity contribution in [2.45, 2.75) is 39.3 Å². The van der Waals surface area contributed by atoms with Crippen molar-refractivity contribution < 1.29 is 0 Å². The number of nitrogens with zero attached hydrogens (tertiary/aromatic N) is 3. The molecule has 3 nitrogen and oxygen atoms in total. The summed E-state index contributed by atoms with van der Waals surface area (Å²) in [5, 5.41) is 1.15. The molecule has 0 aliphatic heterocycles. The van der Waals surface area contributed by atoms with E-state index in [0.717, 1.165) is 41.4 Å². The van der Waals surface area contributed by atoms with Crippen LogP contribution in [0, 0.1) is 12.8 Å². The van der Waals surface area contributed by atoms with Crippen molar-refractivity contribution >= 4 is 10.9 Å². The predicted molar refractivity (Wildman–Crippen MR) is 102 cm³/mol. The first kappa shape index (κ1) is 16.2. The fourth-order valence-electron chi connectivity index (χ4n) is 3.48. The van der Waals surface area contributed by atoms with Gasteiger partial charge in [0.1, 0.15) is 5.82 Å². The van der Waals surface area contributed by atoms with Gasteiger partial charge in [0.05, 0.1) is 12.1 Å². The fraction of sp³-hybridized carbons (Fsp3) is 0.364. The first-order valence-corrected chi connectivity index (χ1v) is 9.22. The van der Waals surface area contributed by atoms with Crippen molar-refractivity contribution in [2.75, 3.05) is 6.54 Å². The van der Waals surface area contributed by atoms with Crippen LogP contribution in [0.2, 0.25) is 0 Å². The van der Waals surface area contributed by atoms with Crippen LogP contribution < -0.4 is 0 Å². The van der Waals surface area contributed by atoms with Gasteiger partial charge in [0.2, 0.25) is 0 Å². The Morgan fingerprint density at radius 1 is 1.00 bits per heavy atom. The van der Waals surface area contributed by atoms with E-state index in [1.54, 1.807) is 0 Å². The van der Waals surface area contributed by atoms with E-state index in [0.29, 0.717) is 6.04 Å². The lowest BCUT2D eigenvalue weighted by Crippen LogP contribution is -2.29. The Kier molecular flexibility index (Phi) is 4.50. The summed E-state index contributed by atoms with van der Waals surface area (Å²) in [5.41, 5.74) is 3.48. The smallest absolute Gasteiger partial charge is 0.143 e. The van der Waals surface area contributed by atoms with E-state index in [9.17, 15) is 0 Å². The summed E-state index contributed by atoms with van der Waals surface area (Å²) in [4.78, 5) is 12.2. The topological polar surface area (TPSA) is 29.0 Å². The number of aromatic nitrogens is 2. The molecular formula is C22H25N3. The second-order valence-corrected chi connectivity index (χ2v) is 7.20. The number of rotatable bonds is 6. The van der Waals surface area contributed by atoms with Gasteiger partial charge in [0.15, 0.2) is 0 Å². The highest BCUT2D eigenvalue weighted by atomic mass is 15.2. The molecule has 0 amide bonds. The zero-order valence-corrected chi connectivity index (χ0v) is 15.0. The Labute approximate surface area is 149 Å². The van der Waals surface area contributed by atoms with Gasteiger partial charge in [-0.3, -0.25) is 4.90 Å². The van der Waals surface area contributed by atoms with Crippen LogP contribution in [0.15, 0.2) is 54.6 Å². The molecule has 1 heterocycles. The molecule has 3 heteroatoms. The second-order valence-electron chi connectivity index (χ2n) is 7.20. The van der Waals surface area contributed by atoms with Gasteiger partial charge < -0.3 is 0 Å². The van der Waals surface area contributed by atoms with Crippen molar-refractivity contribution in [1.29, 1.82) is 0 Å². The molecule has 0 radical (unpaired) electrons. The monoisotopic (exact) mass is 331 g/mol. The summed E-state index contributed by atoms with van der Waals surface area (Å²) in [6, 6.07) is 19.4. The maximum atomic E-state index is 4.83. The number of aryl methyl sites for hydroxylation is 1. The van der Waals surface area contributed by atoms with E-state index in [1.165, 1.54) is 18.4 Å². The number of para-hydroxylation sites is 1. The van der Waals surface area contributed by atoms with Gasteiger partial charge in [0, 0.05) is 23.7 Å². The summed E-state index contributed by atoms with van der Waals surface area (Å²) < 4.78 is 0. The number of fused-ring (bicyclic) bond motifs is 1. The van der Waals surface area contributed by atoms with Crippen LogP contribution in [0.3, 0.4) is 0 Å². The first-order valence-electron chi connectivity index (χ1n) is 9.22. The van der Waals surface area contributed by atoms with Gasteiger partial charge in [-0.05, 0) is 44.2 Å². The lowest BCUT2D eigenvalue weighted by Gasteiger charge is -2.29. The third-order valence-corrected chi connectivity index (χ3v) is 5.20. The van der Waals surface area contributed by atoms with Crippen LogP contribution in [-0.2, 0) is 6.54 Å². The quantitative estimate of drug-likeness (QED) is 0.642. The Hall–Kier alpha value is -2.26. The molecule has 128 valence electrons. The van der Waals surface area contributed by atoms with Gasteiger partial charge in [-0.25, -0.2) is 9.97 Å². The summed E-state index contributed by atoms with van der Waals surface area (Å²) in [5.74, 6) is 1.77. The maximum absolute atomic E-state index is 4.83. The van der Waals surface area contributed by atoms with Crippen LogP contribution in [0.1, 0.15) is 42.9 Å². The van der Waals surface area contributed by atoms with Crippen molar-refractivity contribution in [1.82, 2.24) is 14.9 Å². The molecule has 0 spiro atoms. The van der Waals surface area contributed by atoms with Gasteiger partial charge in [-0.1, -0.05) is 48.5 Å². The Morgan fingerprint density at radius 2 is 1.72 bits per heavy atom. The van der Waals surface area contributed by atoms with Gasteiger partial charge in [-0.15, -0.1) is 0 Å². The lowest BCUT2D eigenvalue weighted by atomic mass is 10.1. The van der Waals surface area contributed by atoms with E-state index in [1.807, 2.05) is 6.07 Å². The molecule has 0 N–H and O–H groups in total. The number of benzene rings is 2. The van der Waals surface area contributed by atoms with Crippen molar-refractivity contribution in [3.63, 3.8) is 0 Å². The first-order chi connectivity index (χ1) is 12.2. The van der Waals surface area contributed by atoms with Crippen molar-refractivity contribution in [3.8, 4) is 0 Å². The zero-order valence-electron chi connectivity index (χ0n) is 15.0.